The van der Waals surface area contributed by atoms with Gasteiger partial charge in [0.25, 0.3) is 0 Å². The summed E-state index contributed by atoms with van der Waals surface area (Å²) >= 11 is 10.9. The largest absolute Gasteiger partial charge is 0.444 e. The van der Waals surface area contributed by atoms with Crippen molar-refractivity contribution in [1.29, 1.82) is 0 Å². The molecule has 0 radical (unpaired) electrons. The summed E-state index contributed by atoms with van der Waals surface area (Å²) in [5.41, 5.74) is 8.30. The smallest absolute Gasteiger partial charge is 0.205 e. The lowest BCUT2D eigenvalue weighted by molar-refractivity contribution is 0.460. The average molecular weight is 218 g/mol. The van der Waals surface area contributed by atoms with Gasteiger partial charge >= 0.3 is 0 Å². The van der Waals surface area contributed by atoms with E-state index < -0.39 is 0 Å². The molecule has 0 aliphatic carbocycles. The monoisotopic (exact) mass is 217 g/mol. The number of hydrogen-bond donors (Lipinski definition) is 1. The Kier molecular flexibility index (Phi) is 3.46. The Balaban J connectivity index is 2.94. The zero-order chi connectivity index (χ0) is 9.84. The van der Waals surface area contributed by atoms with Crippen molar-refractivity contribution in [1.82, 2.24) is 0 Å². The van der Waals surface area contributed by atoms with Crippen LogP contribution in [0.1, 0.15) is 5.56 Å². The fourth-order valence-electron chi connectivity index (χ4n) is 0.854. The number of nitrogen functional groups attached to an aromatic ring is 1. The van der Waals surface area contributed by atoms with E-state index in [0.717, 1.165) is 11.1 Å². The molecular weight excluding hydrogens is 209 g/mol. The van der Waals surface area contributed by atoms with Gasteiger partial charge in [-0.05, 0) is 30.2 Å². The van der Waals surface area contributed by atoms with Gasteiger partial charge in [-0.15, -0.1) is 0 Å². The number of rotatable bonds is 2. The van der Waals surface area contributed by atoms with E-state index >= 15 is 0 Å². The van der Waals surface area contributed by atoms with E-state index in [9.17, 15) is 0 Å². The molecule has 0 bridgehead atoms. The van der Waals surface area contributed by atoms with E-state index in [4.69, 9.17) is 33.7 Å². The van der Waals surface area contributed by atoms with Crippen molar-refractivity contribution in [2.75, 3.05) is 5.73 Å². The maximum absolute atomic E-state index is 5.59. The molecule has 0 amide bonds. The van der Waals surface area contributed by atoms with E-state index in [2.05, 4.69) is 0 Å². The van der Waals surface area contributed by atoms with Crippen LogP contribution in [0.25, 0.3) is 0 Å². The summed E-state index contributed by atoms with van der Waals surface area (Å²) in [6.07, 6.45) is 0. The van der Waals surface area contributed by atoms with E-state index in [-0.39, 0.29) is 5.22 Å². The predicted octanol–water partition coefficient (Wildman–Crippen LogP) is 3.23. The lowest BCUT2D eigenvalue weighted by atomic mass is 10.2. The Hall–Kier alpha value is -0.860. The highest BCUT2D eigenvalue weighted by Gasteiger charge is 2.01. The number of hydrogen-bond acceptors (Lipinski definition) is 2. The fourth-order valence-corrected chi connectivity index (χ4v) is 0.982. The molecule has 0 saturated carbocycles. The molecule has 0 spiro atoms. The van der Waals surface area contributed by atoms with Crippen molar-refractivity contribution in [3.05, 3.63) is 34.5 Å². The third-order valence-corrected chi connectivity index (χ3v) is 2.00. The average Bonchev–Trinajstić information content (AvgIpc) is 2.11. The normalized spacial score (nSPS) is 11.5. The van der Waals surface area contributed by atoms with Crippen molar-refractivity contribution >= 4 is 28.9 Å². The van der Waals surface area contributed by atoms with Gasteiger partial charge in [0, 0.05) is 11.8 Å². The third-order valence-electron chi connectivity index (χ3n) is 1.51. The standard InChI is InChI=1S/C9H9Cl2NO/c1-6-2-3-7(12)4-8(6)13-9(11)5-10/h2-5H,12H2,1H3/b9-5+. The summed E-state index contributed by atoms with van der Waals surface area (Å²) in [5, 5.41) is 0.121. The molecule has 1 aromatic carbocycles. The molecule has 0 saturated heterocycles. The molecule has 2 N–H and O–H groups in total. The van der Waals surface area contributed by atoms with Crippen LogP contribution in [0.15, 0.2) is 29.0 Å². The van der Waals surface area contributed by atoms with Crippen LogP contribution < -0.4 is 10.5 Å². The molecule has 4 heteroatoms. The van der Waals surface area contributed by atoms with E-state index in [1.54, 1.807) is 12.1 Å². The van der Waals surface area contributed by atoms with Crippen LogP contribution in [0.4, 0.5) is 5.69 Å². The Labute approximate surface area is 86.9 Å². The SMILES string of the molecule is Cc1ccc(N)cc1O/C(Cl)=C/Cl. The zero-order valence-electron chi connectivity index (χ0n) is 7.05. The fraction of sp³-hybridized carbons (Fsp3) is 0.111. The first-order valence-electron chi connectivity index (χ1n) is 3.63. The number of ether oxygens (including phenoxy) is 1. The molecule has 0 aliphatic rings. The lowest BCUT2D eigenvalue weighted by Gasteiger charge is -2.07. The van der Waals surface area contributed by atoms with Crippen molar-refractivity contribution in [2.24, 2.45) is 0 Å². The van der Waals surface area contributed by atoms with Gasteiger partial charge in [0.05, 0.1) is 5.54 Å². The van der Waals surface area contributed by atoms with E-state index in [0.29, 0.717) is 11.4 Å². The van der Waals surface area contributed by atoms with Gasteiger partial charge in [-0.2, -0.15) is 0 Å². The van der Waals surface area contributed by atoms with Gasteiger partial charge in [0.2, 0.25) is 5.22 Å². The first-order chi connectivity index (χ1) is 6.13. The van der Waals surface area contributed by atoms with Crippen molar-refractivity contribution in [3.63, 3.8) is 0 Å². The molecule has 1 rings (SSSR count). The van der Waals surface area contributed by atoms with Crippen molar-refractivity contribution in [3.8, 4) is 5.75 Å². The Morgan fingerprint density at radius 2 is 2.23 bits per heavy atom. The highest BCUT2D eigenvalue weighted by molar-refractivity contribution is 6.35. The minimum absolute atomic E-state index is 0.121. The second-order valence-electron chi connectivity index (χ2n) is 2.54. The number of nitrogens with two attached hydrogens (primary N) is 1. The quantitative estimate of drug-likeness (QED) is 0.610. The highest BCUT2D eigenvalue weighted by atomic mass is 35.5. The van der Waals surface area contributed by atoms with E-state index in [1.165, 1.54) is 0 Å². The molecule has 1 aromatic rings. The minimum Gasteiger partial charge on any atom is -0.444 e. The van der Waals surface area contributed by atoms with Crippen molar-refractivity contribution < 1.29 is 4.74 Å². The van der Waals surface area contributed by atoms with Crippen LogP contribution in [0.2, 0.25) is 0 Å². The maximum atomic E-state index is 5.59. The van der Waals surface area contributed by atoms with Crippen molar-refractivity contribution in [2.45, 2.75) is 6.92 Å². The van der Waals surface area contributed by atoms with Crippen LogP contribution in [0, 0.1) is 6.92 Å². The van der Waals surface area contributed by atoms with Gasteiger partial charge in [-0.3, -0.25) is 0 Å². The predicted molar refractivity (Wildman–Crippen MR) is 56.0 cm³/mol. The Bertz CT molecular complexity index is 336. The molecule has 13 heavy (non-hydrogen) atoms. The van der Waals surface area contributed by atoms with Gasteiger partial charge in [-0.1, -0.05) is 17.7 Å². The molecule has 0 heterocycles. The van der Waals surface area contributed by atoms with Gasteiger partial charge < -0.3 is 10.5 Å². The maximum Gasteiger partial charge on any atom is 0.205 e. The first kappa shape index (κ1) is 10.2. The zero-order valence-corrected chi connectivity index (χ0v) is 8.56. The molecule has 0 aliphatic heterocycles. The molecule has 2 nitrogen and oxygen atoms in total. The summed E-state index contributed by atoms with van der Waals surface area (Å²) in [6, 6.07) is 5.33. The summed E-state index contributed by atoms with van der Waals surface area (Å²) < 4.78 is 5.19. The molecule has 0 atom stereocenters. The molecule has 0 aromatic heterocycles. The summed E-state index contributed by atoms with van der Waals surface area (Å²) in [5.74, 6) is 0.613. The summed E-state index contributed by atoms with van der Waals surface area (Å²) in [7, 11) is 0. The van der Waals surface area contributed by atoms with Crippen LogP contribution in [0.3, 0.4) is 0 Å². The van der Waals surface area contributed by atoms with Crippen LogP contribution >= 0.6 is 23.2 Å². The van der Waals surface area contributed by atoms with Gasteiger partial charge in [-0.25, -0.2) is 0 Å². The van der Waals surface area contributed by atoms with Crippen LogP contribution in [0.5, 0.6) is 5.75 Å². The van der Waals surface area contributed by atoms with Crippen LogP contribution in [-0.2, 0) is 0 Å². The molecule has 70 valence electrons. The molecule has 0 unspecified atom stereocenters. The third kappa shape index (κ3) is 2.83. The van der Waals surface area contributed by atoms with Gasteiger partial charge in [0.1, 0.15) is 5.75 Å². The lowest BCUT2D eigenvalue weighted by Crippen LogP contribution is -1.92. The highest BCUT2D eigenvalue weighted by Crippen LogP contribution is 2.23. The number of benzene rings is 1. The Morgan fingerprint density at radius 3 is 2.85 bits per heavy atom. The molecule has 0 fully saturated rings. The second kappa shape index (κ2) is 4.40. The van der Waals surface area contributed by atoms with Crippen LogP contribution in [-0.4, -0.2) is 0 Å². The number of halogens is 2. The topological polar surface area (TPSA) is 35.2 Å². The second-order valence-corrected chi connectivity index (χ2v) is 3.13. The van der Waals surface area contributed by atoms with E-state index in [1.807, 2.05) is 13.0 Å². The minimum atomic E-state index is 0.121. The molecular formula is C9H9Cl2NO. The summed E-state index contributed by atoms with van der Waals surface area (Å²) in [4.78, 5) is 0. The first-order valence-corrected chi connectivity index (χ1v) is 4.45. The Morgan fingerprint density at radius 1 is 1.54 bits per heavy atom. The summed E-state index contributed by atoms with van der Waals surface area (Å²) in [6.45, 7) is 1.90. The van der Waals surface area contributed by atoms with Gasteiger partial charge in [0.15, 0.2) is 0 Å². The number of anilines is 1. The number of aryl methyl sites for hydroxylation is 1.